The van der Waals surface area contributed by atoms with Crippen LogP contribution in [-0.4, -0.2) is 33.5 Å². The zero-order valence-electron chi connectivity index (χ0n) is 13.0. The van der Waals surface area contributed by atoms with Crippen molar-refractivity contribution in [1.29, 1.82) is 0 Å². The van der Waals surface area contributed by atoms with E-state index in [2.05, 4.69) is 24.0 Å². The molecule has 3 rings (SSSR count). The summed E-state index contributed by atoms with van der Waals surface area (Å²) in [6.45, 7) is 3.43. The number of likely N-dealkylation sites (tertiary alicyclic amines) is 1. The van der Waals surface area contributed by atoms with E-state index in [0.717, 1.165) is 12.4 Å². The smallest absolute Gasteiger partial charge is 0.249 e. The average molecular weight is 299 g/mol. The molecule has 2 aromatic rings. The van der Waals surface area contributed by atoms with Crippen LogP contribution in [0.2, 0.25) is 0 Å². The number of hydrogen-bond donors (Lipinski definition) is 0. The molecule has 0 aliphatic carbocycles. The Balaban J connectivity index is 1.55. The summed E-state index contributed by atoms with van der Waals surface area (Å²) in [6, 6.07) is 10.4. The second-order valence-electron chi connectivity index (χ2n) is 5.83. The van der Waals surface area contributed by atoms with Gasteiger partial charge in [-0.05, 0) is 11.5 Å². The van der Waals surface area contributed by atoms with Crippen molar-refractivity contribution in [2.75, 3.05) is 13.2 Å². The van der Waals surface area contributed by atoms with Crippen molar-refractivity contribution in [2.45, 2.75) is 19.6 Å². The maximum atomic E-state index is 12.3. The van der Waals surface area contributed by atoms with Gasteiger partial charge in [-0.1, -0.05) is 37.3 Å². The van der Waals surface area contributed by atoms with E-state index in [9.17, 15) is 4.79 Å². The number of carbonyl (C=O) groups excluding carboxylic acids is 1. The summed E-state index contributed by atoms with van der Waals surface area (Å²) >= 11 is 0. The van der Waals surface area contributed by atoms with Crippen LogP contribution in [-0.2, 0) is 23.2 Å². The third kappa shape index (κ3) is 2.90. The van der Waals surface area contributed by atoms with Gasteiger partial charge in [-0.2, -0.15) is 0 Å². The summed E-state index contributed by atoms with van der Waals surface area (Å²) in [5, 5.41) is 0. The van der Waals surface area contributed by atoms with Crippen LogP contribution >= 0.6 is 0 Å². The van der Waals surface area contributed by atoms with Gasteiger partial charge in [0.2, 0.25) is 5.91 Å². The Morgan fingerprint density at radius 2 is 2.14 bits per heavy atom. The zero-order valence-corrected chi connectivity index (χ0v) is 13.0. The van der Waals surface area contributed by atoms with Gasteiger partial charge in [0.05, 0.1) is 6.04 Å². The minimum Gasteiger partial charge on any atom is -0.364 e. The van der Waals surface area contributed by atoms with E-state index in [1.165, 1.54) is 5.56 Å². The van der Waals surface area contributed by atoms with Crippen LogP contribution in [0.4, 0.5) is 0 Å². The first-order chi connectivity index (χ1) is 10.7. The van der Waals surface area contributed by atoms with Crippen LogP contribution in [0, 0.1) is 5.92 Å². The fraction of sp³-hybridized carbons (Fsp3) is 0.412. The van der Waals surface area contributed by atoms with Crippen LogP contribution in [0.25, 0.3) is 0 Å². The van der Waals surface area contributed by atoms with Crippen LogP contribution in [0.5, 0.6) is 0 Å². The van der Waals surface area contributed by atoms with Crippen molar-refractivity contribution in [3.05, 3.63) is 54.1 Å². The normalized spacial score (nSPS) is 20.7. The summed E-state index contributed by atoms with van der Waals surface area (Å²) in [7, 11) is 1.91. The Hall–Kier alpha value is -2.14. The van der Waals surface area contributed by atoms with Crippen molar-refractivity contribution in [3.8, 4) is 0 Å². The van der Waals surface area contributed by atoms with E-state index in [1.807, 2.05) is 40.9 Å². The molecular formula is C17H21N3O2. The number of nitrogens with zero attached hydrogens (tertiary/aromatic N) is 3. The number of ether oxygens (including phenoxy) is 1. The van der Waals surface area contributed by atoms with Crippen LogP contribution in [0.15, 0.2) is 42.7 Å². The predicted molar refractivity (Wildman–Crippen MR) is 82.9 cm³/mol. The first-order valence-corrected chi connectivity index (χ1v) is 7.55. The van der Waals surface area contributed by atoms with E-state index in [0.29, 0.717) is 12.5 Å². The van der Waals surface area contributed by atoms with Crippen molar-refractivity contribution in [1.82, 2.24) is 14.5 Å². The van der Waals surface area contributed by atoms with E-state index in [4.69, 9.17) is 4.74 Å². The van der Waals surface area contributed by atoms with E-state index >= 15 is 0 Å². The Morgan fingerprint density at radius 1 is 1.36 bits per heavy atom. The summed E-state index contributed by atoms with van der Waals surface area (Å²) < 4.78 is 7.41. The van der Waals surface area contributed by atoms with Crippen LogP contribution < -0.4 is 0 Å². The standard InChI is InChI=1S/C17H21N3O2/c1-13-10-20(17(13)14-6-4-3-5-7-14)16(21)12-22-11-15-18-8-9-19(15)2/h3-9,13,17H,10-12H2,1-2H3. The first-order valence-electron chi connectivity index (χ1n) is 7.55. The maximum Gasteiger partial charge on any atom is 0.249 e. The zero-order chi connectivity index (χ0) is 15.5. The van der Waals surface area contributed by atoms with Crippen molar-refractivity contribution in [3.63, 3.8) is 0 Å². The Kier molecular flexibility index (Phi) is 4.24. The molecule has 1 aliphatic heterocycles. The highest BCUT2D eigenvalue weighted by Gasteiger charge is 2.39. The van der Waals surface area contributed by atoms with E-state index < -0.39 is 0 Å². The fourth-order valence-corrected chi connectivity index (χ4v) is 2.96. The molecule has 1 aliphatic rings. The third-order valence-electron chi connectivity index (χ3n) is 4.20. The molecule has 1 saturated heterocycles. The van der Waals surface area contributed by atoms with Gasteiger partial charge < -0.3 is 14.2 Å². The van der Waals surface area contributed by atoms with E-state index in [1.54, 1.807) is 6.20 Å². The number of carbonyl (C=O) groups is 1. The lowest BCUT2D eigenvalue weighted by atomic mass is 9.85. The van der Waals surface area contributed by atoms with Gasteiger partial charge in [-0.15, -0.1) is 0 Å². The molecule has 5 nitrogen and oxygen atoms in total. The monoisotopic (exact) mass is 299 g/mol. The lowest BCUT2D eigenvalue weighted by molar-refractivity contribution is -0.149. The number of aryl methyl sites for hydroxylation is 1. The topological polar surface area (TPSA) is 47.4 Å². The van der Waals surface area contributed by atoms with Gasteiger partial charge >= 0.3 is 0 Å². The summed E-state index contributed by atoms with van der Waals surface area (Å²) in [5.74, 6) is 1.35. The number of imidazole rings is 1. The van der Waals surface area contributed by atoms with E-state index in [-0.39, 0.29) is 18.6 Å². The summed E-state index contributed by atoms with van der Waals surface area (Å²) in [6.07, 6.45) is 3.59. The highest BCUT2D eigenvalue weighted by Crippen LogP contribution is 2.38. The largest absolute Gasteiger partial charge is 0.364 e. The molecule has 1 fully saturated rings. The minimum atomic E-state index is 0.0427. The third-order valence-corrected chi connectivity index (χ3v) is 4.20. The van der Waals surface area contributed by atoms with Crippen molar-refractivity contribution in [2.24, 2.45) is 13.0 Å². The van der Waals surface area contributed by atoms with Gasteiger partial charge in [0.1, 0.15) is 19.0 Å². The average Bonchev–Trinajstić information content (AvgIpc) is 2.91. The molecule has 2 unspecified atom stereocenters. The van der Waals surface area contributed by atoms with Crippen LogP contribution in [0.3, 0.4) is 0 Å². The van der Waals surface area contributed by atoms with Gasteiger partial charge in [0.25, 0.3) is 0 Å². The van der Waals surface area contributed by atoms with Crippen LogP contribution in [0.1, 0.15) is 24.4 Å². The number of aromatic nitrogens is 2. The molecule has 1 aromatic heterocycles. The lowest BCUT2D eigenvalue weighted by Gasteiger charge is -2.47. The minimum absolute atomic E-state index is 0.0427. The Morgan fingerprint density at radius 3 is 2.77 bits per heavy atom. The maximum absolute atomic E-state index is 12.3. The second kappa shape index (κ2) is 6.32. The molecule has 0 saturated carbocycles. The number of amides is 1. The molecular weight excluding hydrogens is 278 g/mol. The summed E-state index contributed by atoms with van der Waals surface area (Å²) in [5.41, 5.74) is 1.19. The highest BCUT2D eigenvalue weighted by molar-refractivity contribution is 5.79. The molecule has 2 atom stereocenters. The van der Waals surface area contributed by atoms with Gasteiger partial charge in [0, 0.05) is 26.0 Å². The second-order valence-corrected chi connectivity index (χ2v) is 5.83. The van der Waals surface area contributed by atoms with Crippen molar-refractivity contribution >= 4 is 5.91 Å². The molecule has 0 N–H and O–H groups in total. The van der Waals surface area contributed by atoms with Gasteiger partial charge in [0.15, 0.2) is 0 Å². The molecule has 1 amide bonds. The molecule has 0 bridgehead atoms. The van der Waals surface area contributed by atoms with Crippen molar-refractivity contribution < 1.29 is 9.53 Å². The number of rotatable bonds is 5. The quantitative estimate of drug-likeness (QED) is 0.850. The molecule has 22 heavy (non-hydrogen) atoms. The number of benzene rings is 1. The number of hydrogen-bond acceptors (Lipinski definition) is 3. The molecule has 5 heteroatoms. The fourth-order valence-electron chi connectivity index (χ4n) is 2.96. The molecule has 0 spiro atoms. The lowest BCUT2D eigenvalue weighted by Crippen LogP contribution is -2.52. The van der Waals surface area contributed by atoms with Gasteiger partial charge in [-0.25, -0.2) is 4.98 Å². The highest BCUT2D eigenvalue weighted by atomic mass is 16.5. The molecule has 0 radical (unpaired) electrons. The summed E-state index contributed by atoms with van der Waals surface area (Å²) in [4.78, 5) is 18.4. The predicted octanol–water partition coefficient (Wildman–Crippen LogP) is 2.16. The molecule has 116 valence electrons. The first kappa shape index (κ1) is 14.8. The van der Waals surface area contributed by atoms with Gasteiger partial charge in [-0.3, -0.25) is 4.79 Å². The Labute approximate surface area is 130 Å². The molecule has 2 heterocycles. The Bertz CT molecular complexity index is 638. The molecule has 1 aromatic carbocycles. The SMILES string of the molecule is CC1CN(C(=O)COCc2nccn2C)C1c1ccccc1.